The van der Waals surface area contributed by atoms with E-state index >= 15 is 0 Å². The van der Waals surface area contributed by atoms with E-state index in [9.17, 15) is 19.2 Å². The summed E-state index contributed by atoms with van der Waals surface area (Å²) in [5.74, 6) is -1.15. The summed E-state index contributed by atoms with van der Waals surface area (Å²) in [6.07, 6.45) is 3.63. The second kappa shape index (κ2) is 11.3. The predicted octanol–water partition coefficient (Wildman–Crippen LogP) is 4.99. The summed E-state index contributed by atoms with van der Waals surface area (Å²) in [4.78, 5) is 56.6. The van der Waals surface area contributed by atoms with Gasteiger partial charge in [0.2, 0.25) is 11.8 Å². The Labute approximate surface area is 245 Å². The Bertz CT molecular complexity index is 1670. The summed E-state index contributed by atoms with van der Waals surface area (Å²) in [5, 5.41) is 6.43. The third kappa shape index (κ3) is 5.91. The molecule has 1 atom stereocenters. The first-order valence-electron chi connectivity index (χ1n) is 13.2. The van der Waals surface area contributed by atoms with Crippen LogP contribution in [0, 0.1) is 0 Å². The van der Waals surface area contributed by atoms with Crippen LogP contribution < -0.4 is 10.6 Å². The van der Waals surface area contributed by atoms with Gasteiger partial charge in [0.05, 0.1) is 0 Å². The predicted molar refractivity (Wildman–Crippen MR) is 156 cm³/mol. The van der Waals surface area contributed by atoms with Crippen LogP contribution in [0.4, 0.5) is 5.13 Å². The molecule has 6 rings (SSSR count). The molecule has 1 fully saturated rings. The van der Waals surface area contributed by atoms with Crippen LogP contribution in [0.1, 0.15) is 60.7 Å². The number of thiazole rings is 1. The summed E-state index contributed by atoms with van der Waals surface area (Å²) in [6, 6.07) is 20.1. The lowest BCUT2D eigenvalue weighted by Gasteiger charge is -2.29. The number of carbonyl (C=O) groups excluding carboxylic acids is 4. The Morgan fingerprint density at radius 3 is 2.44 bits per heavy atom. The molecule has 41 heavy (non-hydrogen) atoms. The number of fused-ring (bicyclic) bond motifs is 1. The number of aromatic nitrogens is 1. The zero-order chi connectivity index (χ0) is 28.5. The van der Waals surface area contributed by atoms with Crippen molar-refractivity contribution < 1.29 is 19.2 Å². The van der Waals surface area contributed by atoms with Crippen molar-refractivity contribution in [3.05, 3.63) is 116 Å². The number of halogens is 1. The molecule has 2 aliphatic heterocycles. The summed E-state index contributed by atoms with van der Waals surface area (Å²) >= 11 is 7.39. The maximum atomic E-state index is 13.1. The number of nitrogens with one attached hydrogen (secondary N) is 2. The Balaban J connectivity index is 1.07. The highest BCUT2D eigenvalue weighted by molar-refractivity contribution is 7.15. The van der Waals surface area contributed by atoms with Gasteiger partial charge in [0.25, 0.3) is 11.8 Å². The molecule has 10 heteroatoms. The number of benzene rings is 3. The highest BCUT2D eigenvalue weighted by atomic mass is 35.5. The normalized spacial score (nSPS) is 16.5. The number of nitrogens with zero attached hydrogens (tertiary/aromatic N) is 2. The summed E-state index contributed by atoms with van der Waals surface area (Å²) < 4.78 is 0. The summed E-state index contributed by atoms with van der Waals surface area (Å²) in [6.45, 7) is 0.353. The van der Waals surface area contributed by atoms with Gasteiger partial charge in [-0.15, -0.1) is 11.3 Å². The Morgan fingerprint density at radius 1 is 0.976 bits per heavy atom. The van der Waals surface area contributed by atoms with Crippen LogP contribution in [-0.2, 0) is 29.0 Å². The molecule has 4 aromatic rings. The number of hydrogen-bond acceptors (Lipinski definition) is 6. The van der Waals surface area contributed by atoms with Crippen molar-refractivity contribution in [1.29, 1.82) is 0 Å². The van der Waals surface area contributed by atoms with E-state index in [1.165, 1.54) is 11.3 Å². The molecule has 0 radical (unpaired) electrons. The molecule has 4 amide bonds. The summed E-state index contributed by atoms with van der Waals surface area (Å²) in [5.41, 5.74) is 5.04. The van der Waals surface area contributed by atoms with Crippen LogP contribution in [0.3, 0.4) is 0 Å². The fraction of sp³-hybridized carbons (Fsp3) is 0.194. The van der Waals surface area contributed by atoms with Crippen molar-refractivity contribution in [3.8, 4) is 0 Å². The standard InChI is InChI=1S/C31H25ClN4O4S/c32-23-9-4-19(5-10-23)14-24-16-33-31(41-24)35-28(38)21-6-1-18(2-7-21)13-20-3-8-22-17-36(30(40)25(22)15-20)26-11-12-27(37)34-29(26)39/h1-10,15-16,26H,11-14,17H2,(H,33,35,38)(H,34,37,39). The van der Waals surface area contributed by atoms with E-state index in [-0.39, 0.29) is 24.1 Å². The molecule has 3 heterocycles. The fourth-order valence-electron chi connectivity index (χ4n) is 5.14. The second-order valence-electron chi connectivity index (χ2n) is 10.2. The fourth-order valence-corrected chi connectivity index (χ4v) is 6.11. The molecular weight excluding hydrogens is 560 g/mol. The molecule has 8 nitrogen and oxygen atoms in total. The lowest BCUT2D eigenvalue weighted by molar-refractivity contribution is -0.136. The van der Waals surface area contributed by atoms with Gasteiger partial charge in [0.15, 0.2) is 5.13 Å². The van der Waals surface area contributed by atoms with E-state index in [1.54, 1.807) is 23.2 Å². The van der Waals surface area contributed by atoms with Crippen LogP contribution in [-0.4, -0.2) is 39.6 Å². The van der Waals surface area contributed by atoms with E-state index in [1.807, 2.05) is 54.6 Å². The van der Waals surface area contributed by atoms with Crippen molar-refractivity contribution in [2.45, 2.75) is 38.3 Å². The van der Waals surface area contributed by atoms with Crippen LogP contribution in [0.15, 0.2) is 72.9 Å². The van der Waals surface area contributed by atoms with Crippen LogP contribution >= 0.6 is 22.9 Å². The number of hydrogen-bond donors (Lipinski definition) is 2. The largest absolute Gasteiger partial charge is 0.322 e. The second-order valence-corrected chi connectivity index (χ2v) is 11.7. The highest BCUT2D eigenvalue weighted by Crippen LogP contribution is 2.29. The van der Waals surface area contributed by atoms with Crippen molar-refractivity contribution in [3.63, 3.8) is 0 Å². The van der Waals surface area contributed by atoms with Crippen molar-refractivity contribution >= 4 is 51.7 Å². The Hall–Kier alpha value is -4.34. The quantitative estimate of drug-likeness (QED) is 0.298. The maximum absolute atomic E-state index is 13.1. The van der Waals surface area contributed by atoms with E-state index in [2.05, 4.69) is 15.6 Å². The maximum Gasteiger partial charge on any atom is 0.257 e. The molecule has 1 aromatic heterocycles. The molecule has 0 aliphatic carbocycles. The van der Waals surface area contributed by atoms with Gasteiger partial charge in [-0.05, 0) is 65.4 Å². The van der Waals surface area contributed by atoms with Crippen LogP contribution in [0.25, 0.3) is 0 Å². The van der Waals surface area contributed by atoms with E-state index < -0.39 is 11.9 Å². The number of anilines is 1. The number of carbonyl (C=O) groups is 4. The average molecular weight is 585 g/mol. The minimum atomic E-state index is -0.630. The number of amides is 4. The zero-order valence-corrected chi connectivity index (χ0v) is 23.4. The zero-order valence-electron chi connectivity index (χ0n) is 21.9. The SMILES string of the molecule is O=C1CCC(N2Cc3ccc(Cc4ccc(C(=O)Nc5ncc(Cc6ccc(Cl)cc6)s5)cc4)cc3C2=O)C(=O)N1. The van der Waals surface area contributed by atoms with Gasteiger partial charge >= 0.3 is 0 Å². The van der Waals surface area contributed by atoms with Gasteiger partial charge < -0.3 is 4.90 Å². The van der Waals surface area contributed by atoms with E-state index in [0.717, 1.165) is 27.1 Å². The third-order valence-electron chi connectivity index (χ3n) is 7.28. The van der Waals surface area contributed by atoms with Gasteiger partial charge in [-0.1, -0.05) is 48.0 Å². The minimum Gasteiger partial charge on any atom is -0.322 e. The van der Waals surface area contributed by atoms with Gasteiger partial charge in [-0.3, -0.25) is 29.8 Å². The molecule has 1 unspecified atom stereocenters. The molecule has 2 N–H and O–H groups in total. The Morgan fingerprint density at radius 2 is 1.68 bits per heavy atom. The molecular formula is C31H25ClN4O4S. The number of rotatable bonds is 7. The van der Waals surface area contributed by atoms with Crippen molar-refractivity contribution in [2.75, 3.05) is 5.32 Å². The van der Waals surface area contributed by atoms with Crippen molar-refractivity contribution in [2.24, 2.45) is 0 Å². The van der Waals surface area contributed by atoms with Gasteiger partial charge in [0, 0.05) is 46.6 Å². The first-order valence-corrected chi connectivity index (χ1v) is 14.4. The van der Waals surface area contributed by atoms with Crippen molar-refractivity contribution in [1.82, 2.24) is 15.2 Å². The lowest BCUT2D eigenvalue weighted by atomic mass is 9.99. The van der Waals surface area contributed by atoms with Gasteiger partial charge in [-0.25, -0.2) is 4.98 Å². The molecule has 0 spiro atoms. The molecule has 3 aromatic carbocycles. The first-order chi connectivity index (χ1) is 19.8. The van der Waals surface area contributed by atoms with E-state index in [0.29, 0.717) is 47.1 Å². The molecule has 0 bridgehead atoms. The first kappa shape index (κ1) is 26.9. The molecule has 206 valence electrons. The average Bonchev–Trinajstić information content (AvgIpc) is 3.53. The smallest absolute Gasteiger partial charge is 0.257 e. The highest BCUT2D eigenvalue weighted by Gasteiger charge is 2.39. The Kier molecular flexibility index (Phi) is 7.38. The lowest BCUT2D eigenvalue weighted by Crippen LogP contribution is -2.52. The molecule has 2 aliphatic rings. The van der Waals surface area contributed by atoms with Gasteiger partial charge in [-0.2, -0.15) is 0 Å². The number of piperidine rings is 1. The summed E-state index contributed by atoms with van der Waals surface area (Å²) in [7, 11) is 0. The number of imide groups is 1. The monoisotopic (exact) mass is 584 g/mol. The topological polar surface area (TPSA) is 108 Å². The van der Waals surface area contributed by atoms with E-state index in [4.69, 9.17) is 11.6 Å². The molecule has 1 saturated heterocycles. The van der Waals surface area contributed by atoms with Crippen LogP contribution in [0.2, 0.25) is 5.02 Å². The minimum absolute atomic E-state index is 0.193. The van der Waals surface area contributed by atoms with Crippen LogP contribution in [0.5, 0.6) is 0 Å². The van der Waals surface area contributed by atoms with Gasteiger partial charge in [0.1, 0.15) is 6.04 Å². The third-order valence-corrected chi connectivity index (χ3v) is 8.45. The molecule has 0 saturated carbocycles.